The van der Waals surface area contributed by atoms with Gasteiger partial charge in [0.05, 0.1) is 5.54 Å². The van der Waals surface area contributed by atoms with E-state index < -0.39 is 0 Å². The van der Waals surface area contributed by atoms with Gasteiger partial charge in [-0.15, -0.1) is 0 Å². The molecule has 0 spiro atoms. The molecule has 1 heterocycles. The van der Waals surface area contributed by atoms with E-state index >= 15 is 0 Å². The third-order valence-electron chi connectivity index (χ3n) is 5.06. The number of hydrogen-bond acceptors (Lipinski definition) is 3. The predicted molar refractivity (Wildman–Crippen MR) is 105 cm³/mol. The van der Waals surface area contributed by atoms with Crippen LogP contribution in [0.3, 0.4) is 0 Å². The highest BCUT2D eigenvalue weighted by atomic mass is 15.5. The second-order valence-electron chi connectivity index (χ2n) is 6.93. The molecule has 3 nitrogen and oxygen atoms in total. The van der Waals surface area contributed by atoms with Gasteiger partial charge < -0.3 is 5.32 Å². The number of hydrogen-bond donors (Lipinski definition) is 2. The lowest BCUT2D eigenvalue weighted by Crippen LogP contribution is -2.47. The standard InChI is InChI=1S/C21H33N3/c1-6-9-17(2)19(14-18-10-7-11-20(15-18)22-4)16-21(3)12-8-13-24(21)23-5/h7,9-11,15-16,22-23H,6,8,12-14H2,1-5H3/b17-9-,19-16+. The molecule has 0 aliphatic carbocycles. The molecule has 3 heteroatoms. The van der Waals surface area contributed by atoms with Crippen LogP contribution in [0.1, 0.15) is 45.6 Å². The lowest BCUT2D eigenvalue weighted by molar-refractivity contribution is 0.144. The van der Waals surface area contributed by atoms with E-state index in [4.69, 9.17) is 0 Å². The Balaban J connectivity index is 2.34. The minimum Gasteiger partial charge on any atom is -0.388 e. The molecule has 0 radical (unpaired) electrons. The molecule has 0 saturated carbocycles. The summed E-state index contributed by atoms with van der Waals surface area (Å²) in [4.78, 5) is 0. The minimum atomic E-state index is 0.0908. The van der Waals surface area contributed by atoms with Gasteiger partial charge in [-0.2, -0.15) is 0 Å². The van der Waals surface area contributed by atoms with Crippen molar-refractivity contribution in [2.45, 2.75) is 52.0 Å². The molecule has 1 aliphatic heterocycles. The number of nitrogens with one attached hydrogen (secondary N) is 2. The molecule has 0 bridgehead atoms. The first-order valence-corrected chi connectivity index (χ1v) is 9.13. The molecule has 1 unspecified atom stereocenters. The monoisotopic (exact) mass is 327 g/mol. The quantitative estimate of drug-likeness (QED) is 0.720. The summed E-state index contributed by atoms with van der Waals surface area (Å²) < 4.78 is 0. The number of anilines is 1. The van der Waals surface area contributed by atoms with Gasteiger partial charge in [-0.05, 0) is 69.8 Å². The highest BCUT2D eigenvalue weighted by Crippen LogP contribution is 2.32. The smallest absolute Gasteiger partial charge is 0.0511 e. The fourth-order valence-corrected chi connectivity index (χ4v) is 3.68. The normalized spacial score (nSPS) is 22.9. The van der Waals surface area contributed by atoms with Gasteiger partial charge >= 0.3 is 0 Å². The lowest BCUT2D eigenvalue weighted by atomic mass is 9.90. The second kappa shape index (κ2) is 8.50. The SMILES string of the molecule is CC/C=C(C)\C(=C\C1(C)CCCN1NC)Cc1cccc(NC)c1. The van der Waals surface area contributed by atoms with Crippen LogP contribution in [0, 0.1) is 0 Å². The fourth-order valence-electron chi connectivity index (χ4n) is 3.68. The van der Waals surface area contributed by atoms with E-state index in [1.165, 1.54) is 35.2 Å². The Labute approximate surface area is 147 Å². The van der Waals surface area contributed by atoms with E-state index in [0.717, 1.165) is 19.4 Å². The summed E-state index contributed by atoms with van der Waals surface area (Å²) in [6.45, 7) is 7.92. The second-order valence-corrected chi connectivity index (χ2v) is 6.93. The lowest BCUT2D eigenvalue weighted by Gasteiger charge is -2.33. The average molecular weight is 328 g/mol. The Bertz CT molecular complexity index is 603. The van der Waals surface area contributed by atoms with Crippen molar-refractivity contribution in [2.75, 3.05) is 26.0 Å². The van der Waals surface area contributed by atoms with Crippen molar-refractivity contribution in [1.82, 2.24) is 10.4 Å². The number of hydrazine groups is 1. The molecule has 1 saturated heterocycles. The average Bonchev–Trinajstić information content (AvgIpc) is 2.95. The summed E-state index contributed by atoms with van der Waals surface area (Å²) in [7, 11) is 4.00. The molecular formula is C21H33N3. The molecule has 2 rings (SSSR count). The van der Waals surface area contributed by atoms with Crippen LogP contribution >= 0.6 is 0 Å². The molecule has 1 fully saturated rings. The number of rotatable bonds is 7. The summed E-state index contributed by atoms with van der Waals surface area (Å²) in [6.07, 6.45) is 9.33. The fraction of sp³-hybridized carbons (Fsp3) is 0.524. The molecule has 0 aromatic heterocycles. The van der Waals surface area contributed by atoms with Crippen molar-refractivity contribution in [3.8, 4) is 0 Å². The van der Waals surface area contributed by atoms with Crippen molar-refractivity contribution in [1.29, 1.82) is 0 Å². The van der Waals surface area contributed by atoms with Crippen molar-refractivity contribution >= 4 is 5.69 Å². The molecule has 1 atom stereocenters. The maximum Gasteiger partial charge on any atom is 0.0511 e. The van der Waals surface area contributed by atoms with E-state index in [1.807, 2.05) is 14.1 Å². The van der Waals surface area contributed by atoms with Crippen molar-refractivity contribution in [2.24, 2.45) is 0 Å². The van der Waals surface area contributed by atoms with Crippen LogP contribution < -0.4 is 10.7 Å². The van der Waals surface area contributed by atoms with Gasteiger partial charge in [-0.1, -0.05) is 36.8 Å². The molecular weight excluding hydrogens is 294 g/mol. The third-order valence-corrected chi connectivity index (χ3v) is 5.06. The first kappa shape index (κ1) is 18.8. The molecule has 1 aromatic carbocycles. The Kier molecular flexibility index (Phi) is 6.64. The summed E-state index contributed by atoms with van der Waals surface area (Å²) in [5, 5.41) is 5.61. The first-order valence-electron chi connectivity index (χ1n) is 9.13. The molecule has 2 N–H and O–H groups in total. The van der Waals surface area contributed by atoms with Crippen LogP contribution in [0.2, 0.25) is 0 Å². The summed E-state index contributed by atoms with van der Waals surface area (Å²) in [5.74, 6) is 0. The Morgan fingerprint density at radius 1 is 1.33 bits per heavy atom. The zero-order valence-electron chi connectivity index (χ0n) is 15.9. The van der Waals surface area contributed by atoms with Gasteiger partial charge in [0.25, 0.3) is 0 Å². The van der Waals surface area contributed by atoms with Crippen LogP contribution in [-0.4, -0.2) is 31.2 Å². The maximum absolute atomic E-state index is 3.37. The van der Waals surface area contributed by atoms with Gasteiger partial charge in [-0.3, -0.25) is 5.43 Å². The van der Waals surface area contributed by atoms with Crippen molar-refractivity contribution < 1.29 is 0 Å². The van der Waals surface area contributed by atoms with Gasteiger partial charge in [0.2, 0.25) is 0 Å². The highest BCUT2D eigenvalue weighted by molar-refractivity contribution is 5.47. The van der Waals surface area contributed by atoms with Crippen LogP contribution in [-0.2, 0) is 6.42 Å². The van der Waals surface area contributed by atoms with Crippen molar-refractivity contribution in [3.05, 3.63) is 53.1 Å². The van der Waals surface area contributed by atoms with Crippen LogP contribution in [0.5, 0.6) is 0 Å². The van der Waals surface area contributed by atoms with Gasteiger partial charge in [0.1, 0.15) is 0 Å². The number of allylic oxidation sites excluding steroid dienone is 3. The molecule has 132 valence electrons. The van der Waals surface area contributed by atoms with E-state index in [1.54, 1.807) is 0 Å². The van der Waals surface area contributed by atoms with E-state index in [2.05, 4.69) is 72.9 Å². The predicted octanol–water partition coefficient (Wildman–Crippen LogP) is 4.54. The number of benzene rings is 1. The molecule has 1 aromatic rings. The van der Waals surface area contributed by atoms with E-state index in [9.17, 15) is 0 Å². The summed E-state index contributed by atoms with van der Waals surface area (Å²) in [6, 6.07) is 8.72. The van der Waals surface area contributed by atoms with Crippen LogP contribution in [0.25, 0.3) is 0 Å². The Morgan fingerprint density at radius 3 is 2.79 bits per heavy atom. The van der Waals surface area contributed by atoms with Crippen molar-refractivity contribution in [3.63, 3.8) is 0 Å². The highest BCUT2D eigenvalue weighted by Gasteiger charge is 2.34. The number of nitrogens with zero attached hydrogens (tertiary/aromatic N) is 1. The molecule has 0 amide bonds. The zero-order valence-corrected chi connectivity index (χ0v) is 15.9. The Morgan fingerprint density at radius 2 is 2.12 bits per heavy atom. The third kappa shape index (κ3) is 4.49. The van der Waals surface area contributed by atoms with Gasteiger partial charge in [-0.25, -0.2) is 5.01 Å². The van der Waals surface area contributed by atoms with E-state index in [-0.39, 0.29) is 5.54 Å². The molecule has 1 aliphatic rings. The van der Waals surface area contributed by atoms with Crippen LogP contribution in [0.15, 0.2) is 47.6 Å². The van der Waals surface area contributed by atoms with Crippen LogP contribution in [0.4, 0.5) is 5.69 Å². The topological polar surface area (TPSA) is 27.3 Å². The summed E-state index contributed by atoms with van der Waals surface area (Å²) in [5.41, 5.74) is 8.83. The Hall–Kier alpha value is -1.58. The summed E-state index contributed by atoms with van der Waals surface area (Å²) >= 11 is 0. The minimum absolute atomic E-state index is 0.0908. The first-order chi connectivity index (χ1) is 11.5. The van der Waals surface area contributed by atoms with E-state index in [0.29, 0.717) is 0 Å². The zero-order chi connectivity index (χ0) is 17.6. The van der Waals surface area contributed by atoms with Gasteiger partial charge in [0, 0.05) is 19.3 Å². The molecule has 24 heavy (non-hydrogen) atoms. The van der Waals surface area contributed by atoms with Gasteiger partial charge in [0.15, 0.2) is 0 Å². The largest absolute Gasteiger partial charge is 0.388 e. The maximum atomic E-state index is 3.37.